The molecule has 2 amide bonds. The van der Waals surface area contributed by atoms with Gasteiger partial charge in [0.05, 0.1) is 11.6 Å². The van der Waals surface area contributed by atoms with E-state index in [9.17, 15) is 9.59 Å². The van der Waals surface area contributed by atoms with Crippen LogP contribution in [-0.2, 0) is 4.79 Å². The molecule has 3 N–H and O–H groups in total. The molecule has 0 unspecified atom stereocenters. The van der Waals surface area contributed by atoms with Crippen LogP contribution in [0.5, 0.6) is 11.5 Å². The van der Waals surface area contributed by atoms with Crippen molar-refractivity contribution < 1.29 is 19.1 Å². The first-order valence-electron chi connectivity index (χ1n) is 9.10. The highest BCUT2D eigenvalue weighted by atomic mass is 79.9. The third-order valence-electron chi connectivity index (χ3n) is 3.66. The second-order valence-corrected chi connectivity index (χ2v) is 7.78. The summed E-state index contributed by atoms with van der Waals surface area (Å²) in [6, 6.07) is 11.8. The zero-order chi connectivity index (χ0) is 21.9. The number of thiocarbonyl (C=S) groups is 1. The summed E-state index contributed by atoms with van der Waals surface area (Å²) < 4.78 is 11.7. The number of hydrogen-bond donors (Lipinski definition) is 3. The lowest BCUT2D eigenvalue weighted by molar-refractivity contribution is -0.123. The summed E-state index contributed by atoms with van der Waals surface area (Å²) in [5.41, 5.74) is 5.17. The van der Waals surface area contributed by atoms with Crippen molar-refractivity contribution in [2.24, 2.45) is 0 Å². The van der Waals surface area contributed by atoms with Crippen molar-refractivity contribution in [3.8, 4) is 11.5 Å². The molecule has 0 saturated heterocycles. The Bertz CT molecular complexity index is 913. The van der Waals surface area contributed by atoms with E-state index < -0.39 is 11.8 Å². The molecule has 10 heteroatoms. The van der Waals surface area contributed by atoms with Crippen LogP contribution >= 0.6 is 39.7 Å². The minimum atomic E-state index is -0.503. The normalized spacial score (nSPS) is 10.1. The van der Waals surface area contributed by atoms with Gasteiger partial charge in [0.15, 0.2) is 11.7 Å². The number of benzene rings is 2. The summed E-state index contributed by atoms with van der Waals surface area (Å²) in [5.74, 6) is 0.0384. The van der Waals surface area contributed by atoms with Gasteiger partial charge in [-0.3, -0.25) is 25.8 Å². The first-order valence-corrected chi connectivity index (χ1v) is 10.7. The van der Waals surface area contributed by atoms with E-state index in [-0.39, 0.29) is 11.7 Å². The Labute approximate surface area is 193 Å². The van der Waals surface area contributed by atoms with Crippen molar-refractivity contribution in [2.45, 2.75) is 19.8 Å². The second-order valence-electron chi connectivity index (χ2n) is 6.05. The van der Waals surface area contributed by atoms with Gasteiger partial charge in [-0.15, -0.1) is 0 Å². The average molecular weight is 515 g/mol. The molecule has 0 radical (unpaired) electrons. The van der Waals surface area contributed by atoms with Gasteiger partial charge in [0.1, 0.15) is 11.5 Å². The molecule has 0 fully saturated rings. The van der Waals surface area contributed by atoms with Crippen LogP contribution in [0.3, 0.4) is 0 Å². The number of ether oxygens (including phenoxy) is 2. The van der Waals surface area contributed by atoms with E-state index in [1.807, 2.05) is 0 Å². The first kappa shape index (κ1) is 23.9. The van der Waals surface area contributed by atoms with Crippen molar-refractivity contribution in [3.05, 3.63) is 57.5 Å². The van der Waals surface area contributed by atoms with Crippen LogP contribution in [0.25, 0.3) is 0 Å². The lowest BCUT2D eigenvalue weighted by Crippen LogP contribution is -2.49. The lowest BCUT2D eigenvalue weighted by Gasteiger charge is -2.12. The van der Waals surface area contributed by atoms with Crippen molar-refractivity contribution >= 4 is 56.7 Å². The number of unbranched alkanes of at least 4 members (excludes halogenated alkanes) is 1. The minimum absolute atomic E-state index is 0.0627. The summed E-state index contributed by atoms with van der Waals surface area (Å²) in [4.78, 5) is 24.2. The molecule has 160 valence electrons. The molecule has 0 spiro atoms. The summed E-state index contributed by atoms with van der Waals surface area (Å²) in [5, 5.41) is 2.79. The Kier molecular flexibility index (Phi) is 9.85. The molecule has 7 nitrogen and oxygen atoms in total. The van der Waals surface area contributed by atoms with Gasteiger partial charge in [0, 0.05) is 10.0 Å². The van der Waals surface area contributed by atoms with Crippen LogP contribution in [-0.4, -0.2) is 30.1 Å². The minimum Gasteiger partial charge on any atom is -0.494 e. The third kappa shape index (κ3) is 8.17. The fourth-order valence-corrected chi connectivity index (χ4v) is 3.04. The molecule has 0 bridgehead atoms. The molecule has 2 aromatic carbocycles. The highest BCUT2D eigenvalue weighted by Gasteiger charge is 2.11. The fraction of sp³-hybridized carbons (Fsp3) is 0.250. The molecular weight excluding hydrogens is 494 g/mol. The highest BCUT2D eigenvalue weighted by Crippen LogP contribution is 2.27. The number of nitrogens with one attached hydrogen (secondary N) is 3. The van der Waals surface area contributed by atoms with Gasteiger partial charge in [-0.2, -0.15) is 0 Å². The van der Waals surface area contributed by atoms with Gasteiger partial charge in [0.25, 0.3) is 11.8 Å². The van der Waals surface area contributed by atoms with Crippen LogP contribution in [0.1, 0.15) is 30.1 Å². The molecule has 0 aliphatic heterocycles. The molecule has 0 saturated carbocycles. The van der Waals surface area contributed by atoms with Crippen molar-refractivity contribution in [1.82, 2.24) is 16.2 Å². The molecular formula is C20H21BrClN3O4S. The smallest absolute Gasteiger partial charge is 0.276 e. The van der Waals surface area contributed by atoms with E-state index in [1.165, 1.54) is 0 Å². The van der Waals surface area contributed by atoms with Crippen LogP contribution in [0, 0.1) is 0 Å². The van der Waals surface area contributed by atoms with E-state index in [0.29, 0.717) is 28.7 Å². The Morgan fingerprint density at radius 2 is 1.93 bits per heavy atom. The van der Waals surface area contributed by atoms with Crippen LogP contribution in [0.15, 0.2) is 46.9 Å². The summed E-state index contributed by atoms with van der Waals surface area (Å²) >= 11 is 14.3. The van der Waals surface area contributed by atoms with E-state index >= 15 is 0 Å². The molecule has 0 heterocycles. The predicted octanol–water partition coefficient (Wildman–Crippen LogP) is 4.00. The van der Waals surface area contributed by atoms with Crippen LogP contribution in [0.2, 0.25) is 5.02 Å². The lowest BCUT2D eigenvalue weighted by atomic mass is 10.2. The van der Waals surface area contributed by atoms with Crippen LogP contribution in [0.4, 0.5) is 0 Å². The number of halogens is 2. The van der Waals surface area contributed by atoms with Gasteiger partial charge < -0.3 is 9.47 Å². The maximum Gasteiger partial charge on any atom is 0.276 e. The molecule has 0 aliphatic carbocycles. The first-order chi connectivity index (χ1) is 14.4. The van der Waals surface area contributed by atoms with Gasteiger partial charge in [-0.25, -0.2) is 0 Å². The number of rotatable bonds is 8. The molecule has 2 aromatic rings. The maximum atomic E-state index is 12.3. The van der Waals surface area contributed by atoms with Gasteiger partial charge >= 0.3 is 0 Å². The number of amides is 2. The zero-order valence-electron chi connectivity index (χ0n) is 16.2. The second kappa shape index (κ2) is 12.4. The monoisotopic (exact) mass is 513 g/mol. The molecule has 30 heavy (non-hydrogen) atoms. The number of hydrogen-bond acceptors (Lipinski definition) is 5. The largest absolute Gasteiger partial charge is 0.494 e. The van der Waals surface area contributed by atoms with Crippen LogP contribution < -0.4 is 25.6 Å². The Morgan fingerprint density at radius 1 is 1.13 bits per heavy atom. The Morgan fingerprint density at radius 3 is 2.67 bits per heavy atom. The SMILES string of the molecule is CCCCOc1cccc(C(=O)NC(=S)NNC(=O)COc2ccc(Br)cc2Cl)c1. The number of hydrazine groups is 1. The molecule has 0 atom stereocenters. The topological polar surface area (TPSA) is 88.7 Å². The van der Waals surface area contributed by atoms with Crippen molar-refractivity contribution in [2.75, 3.05) is 13.2 Å². The van der Waals surface area contributed by atoms with Gasteiger partial charge in [-0.1, -0.05) is 46.9 Å². The van der Waals surface area contributed by atoms with E-state index in [0.717, 1.165) is 17.3 Å². The van der Waals surface area contributed by atoms with E-state index in [4.69, 9.17) is 33.3 Å². The molecule has 2 rings (SSSR count). The average Bonchev–Trinajstić information content (AvgIpc) is 2.72. The van der Waals surface area contributed by atoms with E-state index in [2.05, 4.69) is 39.0 Å². The number of carbonyl (C=O) groups excluding carboxylic acids is 2. The standard InChI is InChI=1S/C20H21BrClN3O4S/c1-2-3-9-28-15-6-4-5-13(10-15)19(27)23-20(30)25-24-18(26)12-29-17-8-7-14(21)11-16(17)22/h4-8,10-11H,2-3,9,12H2,1H3,(H,24,26)(H2,23,25,27,30). The van der Waals surface area contributed by atoms with Crippen molar-refractivity contribution in [1.29, 1.82) is 0 Å². The summed E-state index contributed by atoms with van der Waals surface area (Å²) in [6.45, 7) is 2.37. The zero-order valence-corrected chi connectivity index (χ0v) is 19.3. The highest BCUT2D eigenvalue weighted by molar-refractivity contribution is 9.10. The van der Waals surface area contributed by atoms with Gasteiger partial charge in [-0.05, 0) is 55.0 Å². The predicted molar refractivity (Wildman–Crippen MR) is 123 cm³/mol. The van der Waals surface area contributed by atoms with Crippen molar-refractivity contribution in [3.63, 3.8) is 0 Å². The fourth-order valence-electron chi connectivity index (χ4n) is 2.17. The Hall–Kier alpha value is -2.36. The summed E-state index contributed by atoms with van der Waals surface area (Å²) in [7, 11) is 0. The van der Waals surface area contributed by atoms with Gasteiger partial charge in [0.2, 0.25) is 0 Å². The molecule has 0 aromatic heterocycles. The number of carbonyl (C=O) groups is 2. The molecule has 0 aliphatic rings. The quantitative estimate of drug-likeness (QED) is 0.280. The Balaban J connectivity index is 1.76. The third-order valence-corrected chi connectivity index (χ3v) is 4.65. The summed E-state index contributed by atoms with van der Waals surface area (Å²) in [6.07, 6.45) is 1.95. The van der Waals surface area contributed by atoms with E-state index in [1.54, 1.807) is 42.5 Å². The maximum absolute atomic E-state index is 12.3.